The molecular formula is C16H18N4O. The maximum absolute atomic E-state index is 11.7. The zero-order valence-electron chi connectivity index (χ0n) is 11.7. The lowest BCUT2D eigenvalue weighted by Gasteiger charge is -2.18. The van der Waals surface area contributed by atoms with Crippen molar-refractivity contribution in [3.8, 4) is 0 Å². The van der Waals surface area contributed by atoms with Crippen LogP contribution in [0.3, 0.4) is 0 Å². The monoisotopic (exact) mass is 282 g/mol. The molecule has 2 aromatic rings. The van der Waals surface area contributed by atoms with E-state index in [4.69, 9.17) is 11.5 Å². The summed E-state index contributed by atoms with van der Waals surface area (Å²) < 4.78 is 0. The Morgan fingerprint density at radius 2 is 1.86 bits per heavy atom. The Bertz CT molecular complexity index is 679. The van der Waals surface area contributed by atoms with Crippen molar-refractivity contribution < 1.29 is 4.79 Å². The van der Waals surface area contributed by atoms with Crippen molar-refractivity contribution in [1.29, 1.82) is 0 Å². The molecule has 0 radical (unpaired) electrons. The quantitative estimate of drug-likeness (QED) is 0.753. The number of nitrogen functional groups attached to an aromatic ring is 1. The van der Waals surface area contributed by atoms with Crippen molar-refractivity contribution in [2.75, 3.05) is 11.1 Å². The number of aryl methyl sites for hydroxylation is 2. The van der Waals surface area contributed by atoms with E-state index in [9.17, 15) is 4.79 Å². The fourth-order valence-corrected chi connectivity index (χ4v) is 2.62. The maximum atomic E-state index is 11.7. The fourth-order valence-electron chi connectivity index (χ4n) is 2.62. The van der Waals surface area contributed by atoms with Crippen LogP contribution in [-0.4, -0.2) is 10.9 Å². The molecule has 0 unspecified atom stereocenters. The summed E-state index contributed by atoms with van der Waals surface area (Å²) >= 11 is 0. The number of hydrogen-bond acceptors (Lipinski definition) is 4. The lowest BCUT2D eigenvalue weighted by atomic mass is 9.94. The summed E-state index contributed by atoms with van der Waals surface area (Å²) in [7, 11) is 0. The van der Waals surface area contributed by atoms with Crippen molar-refractivity contribution in [2.24, 2.45) is 5.73 Å². The molecule has 1 aliphatic carbocycles. The lowest BCUT2D eigenvalue weighted by Crippen LogP contribution is -2.17. The van der Waals surface area contributed by atoms with E-state index in [2.05, 4.69) is 10.3 Å². The van der Waals surface area contributed by atoms with Crippen LogP contribution in [0.15, 0.2) is 30.3 Å². The van der Waals surface area contributed by atoms with Crippen LogP contribution >= 0.6 is 0 Å². The van der Waals surface area contributed by atoms with E-state index in [0.717, 1.165) is 42.6 Å². The largest absolute Gasteiger partial charge is 0.399 e. The molecule has 5 nitrogen and oxygen atoms in total. The first-order valence-electron chi connectivity index (χ1n) is 7.08. The normalized spacial score (nSPS) is 13.5. The highest BCUT2D eigenvalue weighted by molar-refractivity contribution is 5.98. The molecular weight excluding hydrogens is 264 g/mol. The summed E-state index contributed by atoms with van der Waals surface area (Å²) in [6.07, 6.45) is 4.18. The zero-order valence-corrected chi connectivity index (χ0v) is 11.7. The van der Waals surface area contributed by atoms with Crippen LogP contribution in [0.25, 0.3) is 0 Å². The van der Waals surface area contributed by atoms with Gasteiger partial charge in [-0.15, -0.1) is 0 Å². The molecule has 0 aliphatic heterocycles. The predicted molar refractivity (Wildman–Crippen MR) is 83.5 cm³/mol. The van der Waals surface area contributed by atoms with Gasteiger partial charge < -0.3 is 16.8 Å². The third-order valence-corrected chi connectivity index (χ3v) is 3.74. The number of nitrogens with one attached hydrogen (secondary N) is 1. The van der Waals surface area contributed by atoms with Crippen LogP contribution in [0.2, 0.25) is 0 Å². The van der Waals surface area contributed by atoms with Crippen molar-refractivity contribution in [3.05, 3.63) is 47.2 Å². The number of aromatic nitrogens is 1. The first-order chi connectivity index (χ1) is 10.1. The Kier molecular flexibility index (Phi) is 3.48. The molecule has 5 heteroatoms. The highest BCUT2D eigenvalue weighted by atomic mass is 16.1. The number of nitrogens with zero attached hydrogens (tertiary/aromatic N) is 1. The second-order valence-corrected chi connectivity index (χ2v) is 5.31. The van der Waals surface area contributed by atoms with Gasteiger partial charge in [-0.3, -0.25) is 4.79 Å². The highest BCUT2D eigenvalue weighted by Crippen LogP contribution is 2.26. The highest BCUT2D eigenvalue weighted by Gasteiger charge is 2.17. The predicted octanol–water partition coefficient (Wildman–Crippen LogP) is 2.39. The zero-order chi connectivity index (χ0) is 14.8. The lowest BCUT2D eigenvalue weighted by molar-refractivity contribution is 0.100. The second kappa shape index (κ2) is 5.44. The van der Waals surface area contributed by atoms with Gasteiger partial charge in [0.1, 0.15) is 5.82 Å². The Morgan fingerprint density at radius 1 is 1.14 bits per heavy atom. The SMILES string of the molecule is NC(=O)c1cc2c(nc1Nc1ccc(N)cc1)CCCC2. The van der Waals surface area contributed by atoms with E-state index >= 15 is 0 Å². The fraction of sp³-hybridized carbons (Fsp3) is 0.250. The minimum atomic E-state index is -0.464. The molecule has 5 N–H and O–H groups in total. The van der Waals surface area contributed by atoms with Crippen LogP contribution in [0.1, 0.15) is 34.5 Å². The average molecular weight is 282 g/mol. The summed E-state index contributed by atoms with van der Waals surface area (Å²) in [6, 6.07) is 9.17. The number of carbonyl (C=O) groups is 1. The summed E-state index contributed by atoms with van der Waals surface area (Å²) in [5, 5.41) is 3.16. The van der Waals surface area contributed by atoms with E-state index in [1.165, 1.54) is 0 Å². The van der Waals surface area contributed by atoms with Crippen molar-refractivity contribution in [2.45, 2.75) is 25.7 Å². The number of nitrogens with two attached hydrogens (primary N) is 2. The summed E-state index contributed by atoms with van der Waals surface area (Å²) in [6.45, 7) is 0. The Labute approximate surface area is 123 Å². The third-order valence-electron chi connectivity index (χ3n) is 3.74. The molecule has 1 amide bonds. The van der Waals surface area contributed by atoms with Gasteiger partial charge in [0.15, 0.2) is 0 Å². The number of pyridine rings is 1. The molecule has 0 spiro atoms. The summed E-state index contributed by atoms with van der Waals surface area (Å²) in [4.78, 5) is 16.3. The molecule has 0 fully saturated rings. The number of rotatable bonds is 3. The molecule has 1 aliphatic rings. The van der Waals surface area contributed by atoms with Gasteiger partial charge in [-0.1, -0.05) is 0 Å². The van der Waals surface area contributed by atoms with Gasteiger partial charge in [-0.2, -0.15) is 0 Å². The Balaban J connectivity index is 1.99. The number of primary amides is 1. The number of fused-ring (bicyclic) bond motifs is 1. The minimum absolute atomic E-state index is 0.437. The first-order valence-corrected chi connectivity index (χ1v) is 7.08. The van der Waals surface area contributed by atoms with Crippen LogP contribution in [-0.2, 0) is 12.8 Å². The van der Waals surface area contributed by atoms with Crippen molar-refractivity contribution in [1.82, 2.24) is 4.98 Å². The summed E-state index contributed by atoms with van der Waals surface area (Å²) in [5.74, 6) is 0.0572. The van der Waals surface area contributed by atoms with Gasteiger partial charge in [0, 0.05) is 17.1 Å². The third kappa shape index (κ3) is 2.81. The van der Waals surface area contributed by atoms with Crippen LogP contribution in [0, 0.1) is 0 Å². The topological polar surface area (TPSA) is 94.0 Å². The number of anilines is 3. The molecule has 0 saturated carbocycles. The number of carbonyl (C=O) groups excluding carboxylic acids is 1. The maximum Gasteiger partial charge on any atom is 0.252 e. The Morgan fingerprint density at radius 3 is 2.57 bits per heavy atom. The standard InChI is InChI=1S/C16H18N4O/c17-11-5-7-12(8-6-11)19-16-13(15(18)21)9-10-3-1-2-4-14(10)20-16/h5-9H,1-4,17H2,(H2,18,21)(H,19,20). The van der Waals surface area contributed by atoms with Gasteiger partial charge >= 0.3 is 0 Å². The van der Waals surface area contributed by atoms with Gasteiger partial charge in [0.05, 0.1) is 5.56 Å². The number of benzene rings is 1. The molecule has 1 heterocycles. The van der Waals surface area contributed by atoms with Crippen LogP contribution < -0.4 is 16.8 Å². The molecule has 0 atom stereocenters. The molecule has 1 aromatic carbocycles. The Hall–Kier alpha value is -2.56. The van der Waals surface area contributed by atoms with E-state index in [1.807, 2.05) is 18.2 Å². The molecule has 0 bridgehead atoms. The van der Waals surface area contributed by atoms with E-state index in [1.54, 1.807) is 12.1 Å². The van der Waals surface area contributed by atoms with Crippen molar-refractivity contribution >= 4 is 23.1 Å². The number of hydrogen-bond donors (Lipinski definition) is 3. The average Bonchev–Trinajstić information content (AvgIpc) is 2.48. The van der Waals surface area contributed by atoms with E-state index in [-0.39, 0.29) is 0 Å². The first kappa shape index (κ1) is 13.4. The molecule has 3 rings (SSSR count). The van der Waals surface area contributed by atoms with Gasteiger partial charge in [0.25, 0.3) is 5.91 Å². The molecule has 108 valence electrons. The summed E-state index contributed by atoms with van der Waals surface area (Å²) in [5.41, 5.74) is 15.3. The van der Waals surface area contributed by atoms with E-state index < -0.39 is 5.91 Å². The van der Waals surface area contributed by atoms with Crippen LogP contribution in [0.5, 0.6) is 0 Å². The number of amides is 1. The van der Waals surface area contributed by atoms with E-state index in [0.29, 0.717) is 17.1 Å². The smallest absolute Gasteiger partial charge is 0.252 e. The van der Waals surface area contributed by atoms with Crippen LogP contribution in [0.4, 0.5) is 17.2 Å². The van der Waals surface area contributed by atoms with Gasteiger partial charge in [-0.25, -0.2) is 4.98 Å². The minimum Gasteiger partial charge on any atom is -0.399 e. The van der Waals surface area contributed by atoms with Gasteiger partial charge in [0.2, 0.25) is 0 Å². The molecule has 0 saturated heterocycles. The molecule has 21 heavy (non-hydrogen) atoms. The van der Waals surface area contributed by atoms with Crippen molar-refractivity contribution in [3.63, 3.8) is 0 Å². The molecule has 1 aromatic heterocycles. The second-order valence-electron chi connectivity index (χ2n) is 5.31. The van der Waals surface area contributed by atoms with Gasteiger partial charge in [-0.05, 0) is 61.6 Å².